The van der Waals surface area contributed by atoms with Gasteiger partial charge in [0.15, 0.2) is 0 Å². The van der Waals surface area contributed by atoms with Gasteiger partial charge >= 0.3 is 0 Å². The second kappa shape index (κ2) is 3.39. The molecule has 2 atom stereocenters. The Morgan fingerprint density at radius 1 is 1.38 bits per heavy atom. The monoisotopic (exact) mass is 183 g/mol. The molecule has 0 aromatic heterocycles. The van der Waals surface area contributed by atoms with E-state index >= 15 is 0 Å². The maximum Gasteiger partial charge on any atom is 0.133 e. The summed E-state index contributed by atoms with van der Waals surface area (Å²) in [7, 11) is 2.10. The Labute approximate surface area is 78.7 Å². The Balaban J connectivity index is 2.13. The lowest BCUT2D eigenvalue weighted by molar-refractivity contribution is -0.128. The molecule has 0 spiro atoms. The quantitative estimate of drug-likeness (QED) is 0.628. The minimum atomic E-state index is 0.260. The van der Waals surface area contributed by atoms with Crippen LogP contribution in [0.15, 0.2) is 0 Å². The third-order valence-corrected chi connectivity index (χ3v) is 3.49. The Morgan fingerprint density at radius 2 is 1.92 bits per heavy atom. The molecule has 1 heterocycles. The molecule has 2 fully saturated rings. The highest BCUT2D eigenvalue weighted by atomic mass is 16.3. The molecule has 0 aromatic rings. The topological polar surface area (TPSA) is 40.5 Å². The van der Waals surface area contributed by atoms with Crippen LogP contribution in [0.5, 0.6) is 0 Å². The molecule has 2 bridgehead atoms. The summed E-state index contributed by atoms with van der Waals surface area (Å²) < 4.78 is 0. The van der Waals surface area contributed by atoms with Crippen LogP contribution in [-0.4, -0.2) is 42.5 Å². The first-order chi connectivity index (χ1) is 6.20. The van der Waals surface area contributed by atoms with Crippen LogP contribution in [0.2, 0.25) is 0 Å². The van der Waals surface area contributed by atoms with Crippen molar-refractivity contribution in [2.75, 3.05) is 26.7 Å². The van der Waals surface area contributed by atoms with Gasteiger partial charge in [-0.15, -0.1) is 0 Å². The number of hydrogen-bond donors (Lipinski definition) is 1. The van der Waals surface area contributed by atoms with E-state index in [1.165, 1.54) is 0 Å². The van der Waals surface area contributed by atoms with Crippen LogP contribution in [0.3, 0.4) is 0 Å². The second-order valence-corrected chi connectivity index (χ2v) is 4.53. The van der Waals surface area contributed by atoms with E-state index < -0.39 is 0 Å². The van der Waals surface area contributed by atoms with E-state index in [9.17, 15) is 9.90 Å². The fourth-order valence-corrected chi connectivity index (χ4v) is 2.93. The van der Waals surface area contributed by atoms with Crippen molar-refractivity contribution in [2.45, 2.75) is 12.8 Å². The average molecular weight is 183 g/mol. The van der Waals surface area contributed by atoms with E-state index in [0.29, 0.717) is 36.4 Å². The van der Waals surface area contributed by atoms with Crippen molar-refractivity contribution in [3.8, 4) is 0 Å². The summed E-state index contributed by atoms with van der Waals surface area (Å²) in [5.74, 6) is 1.60. The number of carbonyl (C=O) groups excluding carboxylic acids is 1. The molecule has 0 amide bonds. The van der Waals surface area contributed by atoms with Gasteiger partial charge in [-0.3, -0.25) is 4.79 Å². The molecule has 1 N–H and O–H groups in total. The molecule has 2 unspecified atom stereocenters. The zero-order chi connectivity index (χ0) is 9.42. The maximum atomic E-state index is 11.3. The fourth-order valence-electron chi connectivity index (χ4n) is 2.93. The van der Waals surface area contributed by atoms with E-state index in [1.807, 2.05) is 0 Å². The van der Waals surface area contributed by atoms with Crippen molar-refractivity contribution in [1.29, 1.82) is 0 Å². The zero-order valence-electron chi connectivity index (χ0n) is 8.07. The molecule has 1 saturated heterocycles. The minimum Gasteiger partial charge on any atom is -0.396 e. The molecule has 0 radical (unpaired) electrons. The summed E-state index contributed by atoms with van der Waals surface area (Å²) in [5.41, 5.74) is 0. The van der Waals surface area contributed by atoms with Gasteiger partial charge in [0, 0.05) is 32.5 Å². The molecule has 2 rings (SSSR count). The van der Waals surface area contributed by atoms with Crippen LogP contribution < -0.4 is 0 Å². The molecule has 1 aliphatic heterocycles. The van der Waals surface area contributed by atoms with Gasteiger partial charge in [0.05, 0.1) is 0 Å². The second-order valence-electron chi connectivity index (χ2n) is 4.53. The predicted molar refractivity (Wildman–Crippen MR) is 49.3 cm³/mol. The average Bonchev–Trinajstić information content (AvgIpc) is 2.01. The zero-order valence-corrected chi connectivity index (χ0v) is 8.07. The Kier molecular flexibility index (Phi) is 2.39. The SMILES string of the molecule is CN1CC2CC(=O)CC(C1)C2CO. The number of likely N-dealkylation sites (tertiary alicyclic amines) is 1. The van der Waals surface area contributed by atoms with Crippen LogP contribution in [0.25, 0.3) is 0 Å². The highest BCUT2D eigenvalue weighted by Gasteiger charge is 2.40. The number of hydrogen-bond acceptors (Lipinski definition) is 3. The van der Waals surface area contributed by atoms with Crippen LogP contribution in [0, 0.1) is 17.8 Å². The Bertz CT molecular complexity index is 199. The molecule has 3 heteroatoms. The lowest BCUT2D eigenvalue weighted by atomic mass is 9.69. The predicted octanol–water partition coefficient (Wildman–Crippen LogP) is 0.136. The van der Waals surface area contributed by atoms with Gasteiger partial charge < -0.3 is 10.0 Å². The van der Waals surface area contributed by atoms with Crippen molar-refractivity contribution < 1.29 is 9.90 Å². The van der Waals surface area contributed by atoms with Crippen LogP contribution in [-0.2, 0) is 4.79 Å². The fraction of sp³-hybridized carbons (Fsp3) is 0.900. The van der Waals surface area contributed by atoms with Crippen molar-refractivity contribution in [1.82, 2.24) is 4.90 Å². The van der Waals surface area contributed by atoms with E-state index in [4.69, 9.17) is 0 Å². The number of aliphatic hydroxyl groups excluding tert-OH is 1. The highest BCUT2D eigenvalue weighted by molar-refractivity contribution is 5.80. The van der Waals surface area contributed by atoms with Crippen molar-refractivity contribution >= 4 is 5.78 Å². The van der Waals surface area contributed by atoms with Gasteiger partial charge in [0.25, 0.3) is 0 Å². The molecule has 74 valence electrons. The number of fused-ring (bicyclic) bond motifs is 2. The molecule has 3 nitrogen and oxygen atoms in total. The van der Waals surface area contributed by atoms with Gasteiger partial charge in [0.2, 0.25) is 0 Å². The first kappa shape index (κ1) is 9.16. The van der Waals surface area contributed by atoms with Crippen LogP contribution in [0.1, 0.15) is 12.8 Å². The Hall–Kier alpha value is -0.410. The summed E-state index contributed by atoms with van der Waals surface area (Å²) in [6.45, 7) is 2.22. The Morgan fingerprint density at radius 3 is 2.38 bits per heavy atom. The summed E-state index contributed by atoms with van der Waals surface area (Å²) >= 11 is 0. The van der Waals surface area contributed by atoms with Crippen LogP contribution >= 0.6 is 0 Å². The van der Waals surface area contributed by atoms with E-state index in [2.05, 4.69) is 11.9 Å². The first-order valence-electron chi connectivity index (χ1n) is 5.02. The number of rotatable bonds is 1. The molecular weight excluding hydrogens is 166 g/mol. The minimum absolute atomic E-state index is 0.260. The van der Waals surface area contributed by atoms with E-state index in [0.717, 1.165) is 13.1 Å². The van der Waals surface area contributed by atoms with Gasteiger partial charge in [-0.05, 0) is 24.8 Å². The molecule has 2 aliphatic rings. The smallest absolute Gasteiger partial charge is 0.133 e. The van der Waals surface area contributed by atoms with Crippen molar-refractivity contribution in [3.63, 3.8) is 0 Å². The summed E-state index contributed by atoms with van der Waals surface area (Å²) in [6, 6.07) is 0. The lowest BCUT2D eigenvalue weighted by Gasteiger charge is -2.44. The number of ketones is 1. The van der Waals surface area contributed by atoms with Crippen LogP contribution in [0.4, 0.5) is 0 Å². The first-order valence-corrected chi connectivity index (χ1v) is 5.02. The van der Waals surface area contributed by atoms with Gasteiger partial charge in [-0.2, -0.15) is 0 Å². The molecule has 13 heavy (non-hydrogen) atoms. The van der Waals surface area contributed by atoms with E-state index in [1.54, 1.807) is 0 Å². The van der Waals surface area contributed by atoms with Gasteiger partial charge in [-0.1, -0.05) is 0 Å². The normalized spacial score (nSPS) is 40.8. The number of carbonyl (C=O) groups is 1. The summed E-state index contributed by atoms with van der Waals surface area (Å²) in [5, 5.41) is 9.24. The largest absolute Gasteiger partial charge is 0.396 e. The third-order valence-electron chi connectivity index (χ3n) is 3.49. The number of aliphatic hydroxyl groups is 1. The number of piperidine rings is 1. The number of nitrogens with zero attached hydrogens (tertiary/aromatic N) is 1. The molecule has 1 saturated carbocycles. The molecule has 1 aliphatic carbocycles. The number of Topliss-reactive ketones (excluding diaryl/α,β-unsaturated/α-hetero) is 1. The maximum absolute atomic E-state index is 11.3. The molecule has 0 aromatic carbocycles. The van der Waals surface area contributed by atoms with Gasteiger partial charge in [-0.25, -0.2) is 0 Å². The summed E-state index contributed by atoms with van der Waals surface area (Å²) in [6.07, 6.45) is 1.37. The lowest BCUT2D eigenvalue weighted by Crippen LogP contribution is -2.50. The third kappa shape index (κ3) is 1.63. The highest BCUT2D eigenvalue weighted by Crippen LogP contribution is 2.37. The molecular formula is C10H17NO2. The van der Waals surface area contributed by atoms with Crippen molar-refractivity contribution in [3.05, 3.63) is 0 Å². The van der Waals surface area contributed by atoms with E-state index in [-0.39, 0.29) is 6.61 Å². The standard InChI is InChI=1S/C10H17NO2/c1-11-4-7-2-9(13)3-8(5-11)10(7)6-12/h7-8,10,12H,2-6H2,1H3. The summed E-state index contributed by atoms with van der Waals surface area (Å²) in [4.78, 5) is 13.6. The van der Waals surface area contributed by atoms with Crippen molar-refractivity contribution in [2.24, 2.45) is 17.8 Å². The van der Waals surface area contributed by atoms with Gasteiger partial charge in [0.1, 0.15) is 5.78 Å².